The van der Waals surface area contributed by atoms with Crippen LogP contribution >= 0.6 is 15.9 Å². The molecule has 0 bridgehead atoms. The van der Waals surface area contributed by atoms with Crippen molar-refractivity contribution in [2.75, 3.05) is 4.72 Å². The standard InChI is InChI=1S/C13H9BrFNO4S/c14-9-3-6-12(11(15)7-9)21(19,20)16-10-4-1-8(2-5-10)13(17)18/h1-7,16H,(H,17,18). The van der Waals surface area contributed by atoms with Gasteiger partial charge < -0.3 is 5.11 Å². The van der Waals surface area contributed by atoms with Gasteiger partial charge in [-0.15, -0.1) is 0 Å². The smallest absolute Gasteiger partial charge is 0.335 e. The number of carboxylic acid groups (broad SMARTS) is 1. The number of hydrogen-bond acceptors (Lipinski definition) is 3. The predicted molar refractivity (Wildman–Crippen MR) is 78.3 cm³/mol. The normalized spacial score (nSPS) is 11.1. The van der Waals surface area contributed by atoms with Crippen molar-refractivity contribution in [3.63, 3.8) is 0 Å². The van der Waals surface area contributed by atoms with E-state index in [9.17, 15) is 17.6 Å². The summed E-state index contributed by atoms with van der Waals surface area (Å²) < 4.78 is 40.4. The van der Waals surface area contributed by atoms with Crippen molar-refractivity contribution in [3.8, 4) is 0 Å². The molecular weight excluding hydrogens is 365 g/mol. The van der Waals surface area contributed by atoms with Gasteiger partial charge in [0.2, 0.25) is 0 Å². The number of halogens is 2. The van der Waals surface area contributed by atoms with E-state index in [4.69, 9.17) is 5.11 Å². The first-order valence-electron chi connectivity index (χ1n) is 5.61. The molecule has 2 aromatic rings. The second-order valence-electron chi connectivity index (χ2n) is 4.06. The molecule has 110 valence electrons. The molecule has 0 saturated carbocycles. The van der Waals surface area contributed by atoms with Gasteiger partial charge in [-0.25, -0.2) is 17.6 Å². The second kappa shape index (κ2) is 5.82. The molecule has 0 radical (unpaired) electrons. The molecule has 5 nitrogen and oxygen atoms in total. The molecular formula is C13H9BrFNO4S. The zero-order valence-corrected chi connectivity index (χ0v) is 12.8. The number of benzene rings is 2. The van der Waals surface area contributed by atoms with Gasteiger partial charge in [-0.1, -0.05) is 15.9 Å². The summed E-state index contributed by atoms with van der Waals surface area (Å²) in [5.74, 6) is -2.01. The van der Waals surface area contributed by atoms with Gasteiger partial charge in [0.15, 0.2) is 0 Å². The Labute approximate surface area is 128 Å². The summed E-state index contributed by atoms with van der Waals surface area (Å²) in [5, 5.41) is 8.76. The van der Waals surface area contributed by atoms with Crippen LogP contribution in [0.3, 0.4) is 0 Å². The van der Waals surface area contributed by atoms with Gasteiger partial charge in [0.1, 0.15) is 10.7 Å². The van der Waals surface area contributed by atoms with E-state index in [2.05, 4.69) is 20.7 Å². The average molecular weight is 374 g/mol. The second-order valence-corrected chi connectivity index (χ2v) is 6.63. The molecule has 0 aliphatic rings. The highest BCUT2D eigenvalue weighted by Gasteiger charge is 2.19. The van der Waals surface area contributed by atoms with Gasteiger partial charge in [-0.2, -0.15) is 0 Å². The highest BCUT2D eigenvalue weighted by atomic mass is 79.9. The van der Waals surface area contributed by atoms with Gasteiger partial charge in [0, 0.05) is 10.2 Å². The van der Waals surface area contributed by atoms with Crippen molar-refractivity contribution in [3.05, 3.63) is 58.3 Å². The molecule has 2 aromatic carbocycles. The van der Waals surface area contributed by atoms with E-state index in [1.807, 2.05) is 0 Å². The van der Waals surface area contributed by atoms with E-state index in [-0.39, 0.29) is 11.3 Å². The maximum absolute atomic E-state index is 13.7. The summed E-state index contributed by atoms with van der Waals surface area (Å²) in [6.07, 6.45) is 0. The first-order chi connectivity index (χ1) is 9.79. The molecule has 0 aromatic heterocycles. The predicted octanol–water partition coefficient (Wildman–Crippen LogP) is 3.09. The van der Waals surface area contributed by atoms with E-state index < -0.39 is 26.7 Å². The Hall–Kier alpha value is -1.93. The van der Waals surface area contributed by atoms with E-state index in [1.165, 1.54) is 30.3 Å². The first-order valence-corrected chi connectivity index (χ1v) is 7.88. The molecule has 0 saturated heterocycles. The van der Waals surface area contributed by atoms with Crippen LogP contribution in [-0.4, -0.2) is 19.5 Å². The van der Waals surface area contributed by atoms with Crippen molar-refractivity contribution in [2.45, 2.75) is 4.90 Å². The molecule has 21 heavy (non-hydrogen) atoms. The summed E-state index contributed by atoms with van der Waals surface area (Å²) in [4.78, 5) is 10.2. The number of rotatable bonds is 4. The van der Waals surface area contributed by atoms with Crippen molar-refractivity contribution >= 4 is 37.6 Å². The molecule has 8 heteroatoms. The number of nitrogens with one attached hydrogen (secondary N) is 1. The molecule has 0 unspecified atom stereocenters. The van der Waals surface area contributed by atoms with Gasteiger partial charge in [0.25, 0.3) is 10.0 Å². The van der Waals surface area contributed by atoms with Crippen LogP contribution in [0.25, 0.3) is 0 Å². The maximum Gasteiger partial charge on any atom is 0.335 e. The molecule has 0 aliphatic carbocycles. The fourth-order valence-electron chi connectivity index (χ4n) is 1.58. The summed E-state index contributed by atoms with van der Waals surface area (Å²) in [6, 6.07) is 8.66. The maximum atomic E-state index is 13.7. The number of aromatic carboxylic acids is 1. The van der Waals surface area contributed by atoms with E-state index >= 15 is 0 Å². The van der Waals surface area contributed by atoms with Crippen LogP contribution in [-0.2, 0) is 10.0 Å². The lowest BCUT2D eigenvalue weighted by Gasteiger charge is -2.09. The van der Waals surface area contributed by atoms with E-state index in [1.54, 1.807) is 0 Å². The molecule has 0 atom stereocenters. The van der Waals surface area contributed by atoms with Gasteiger partial charge >= 0.3 is 5.97 Å². The minimum Gasteiger partial charge on any atom is -0.478 e. The number of sulfonamides is 1. The number of carboxylic acids is 1. The van der Waals surface area contributed by atoms with Crippen LogP contribution in [0.2, 0.25) is 0 Å². The van der Waals surface area contributed by atoms with Crippen LogP contribution in [0.5, 0.6) is 0 Å². The highest BCUT2D eigenvalue weighted by Crippen LogP contribution is 2.22. The highest BCUT2D eigenvalue weighted by molar-refractivity contribution is 9.10. The topological polar surface area (TPSA) is 83.5 Å². The zero-order chi connectivity index (χ0) is 15.6. The number of hydrogen-bond donors (Lipinski definition) is 2. The Morgan fingerprint density at radius 2 is 1.76 bits per heavy atom. The minimum absolute atomic E-state index is 0.0211. The Morgan fingerprint density at radius 3 is 2.29 bits per heavy atom. The molecule has 0 heterocycles. The third-order valence-electron chi connectivity index (χ3n) is 2.57. The van der Waals surface area contributed by atoms with Crippen molar-refractivity contribution in [2.24, 2.45) is 0 Å². The van der Waals surface area contributed by atoms with Gasteiger partial charge in [-0.05, 0) is 42.5 Å². The summed E-state index contributed by atoms with van der Waals surface area (Å²) >= 11 is 3.04. The van der Waals surface area contributed by atoms with Gasteiger partial charge in [0.05, 0.1) is 5.56 Å². The van der Waals surface area contributed by atoms with Gasteiger partial charge in [-0.3, -0.25) is 4.72 Å². The van der Waals surface area contributed by atoms with Crippen molar-refractivity contribution in [1.29, 1.82) is 0 Å². The monoisotopic (exact) mass is 373 g/mol. The summed E-state index contributed by atoms with van der Waals surface area (Å²) in [7, 11) is -4.09. The lowest BCUT2D eigenvalue weighted by Crippen LogP contribution is -2.14. The lowest BCUT2D eigenvalue weighted by atomic mass is 10.2. The Morgan fingerprint density at radius 1 is 1.14 bits per heavy atom. The quantitative estimate of drug-likeness (QED) is 0.862. The lowest BCUT2D eigenvalue weighted by molar-refractivity contribution is 0.0697. The third kappa shape index (κ3) is 3.59. The van der Waals surface area contributed by atoms with Crippen LogP contribution in [0, 0.1) is 5.82 Å². The summed E-state index contributed by atoms with van der Waals surface area (Å²) in [6.45, 7) is 0. The number of carbonyl (C=O) groups is 1. The average Bonchev–Trinajstić information content (AvgIpc) is 2.38. The van der Waals surface area contributed by atoms with Crippen molar-refractivity contribution < 1.29 is 22.7 Å². The van der Waals surface area contributed by atoms with E-state index in [0.29, 0.717) is 4.47 Å². The molecule has 2 N–H and O–H groups in total. The Balaban J connectivity index is 2.30. The first kappa shape index (κ1) is 15.5. The third-order valence-corrected chi connectivity index (χ3v) is 4.48. The van der Waals surface area contributed by atoms with Crippen LogP contribution in [0.4, 0.5) is 10.1 Å². The zero-order valence-electron chi connectivity index (χ0n) is 10.4. The van der Waals surface area contributed by atoms with Crippen LogP contribution in [0.1, 0.15) is 10.4 Å². The number of anilines is 1. The molecule has 0 spiro atoms. The Bertz CT molecular complexity index is 790. The van der Waals surface area contributed by atoms with Crippen LogP contribution in [0.15, 0.2) is 51.8 Å². The SMILES string of the molecule is O=C(O)c1ccc(NS(=O)(=O)c2ccc(Br)cc2F)cc1. The fraction of sp³-hybridized carbons (Fsp3) is 0. The molecule has 2 rings (SSSR count). The molecule has 0 amide bonds. The van der Waals surface area contributed by atoms with E-state index in [0.717, 1.165) is 12.1 Å². The van der Waals surface area contributed by atoms with Crippen molar-refractivity contribution in [1.82, 2.24) is 0 Å². The Kier molecular flexibility index (Phi) is 4.29. The summed E-state index contributed by atoms with van der Waals surface area (Å²) in [5.41, 5.74) is 0.162. The van der Waals surface area contributed by atoms with Crippen LogP contribution < -0.4 is 4.72 Å². The largest absolute Gasteiger partial charge is 0.478 e. The minimum atomic E-state index is -4.09. The molecule has 0 aliphatic heterocycles. The fourth-order valence-corrected chi connectivity index (χ4v) is 3.04. The molecule has 0 fully saturated rings.